The molecule has 0 bridgehead atoms. The molecule has 0 saturated carbocycles. The summed E-state index contributed by atoms with van der Waals surface area (Å²) >= 11 is 0. The zero-order valence-corrected chi connectivity index (χ0v) is 13.3. The predicted molar refractivity (Wildman–Crippen MR) is 88.4 cm³/mol. The Morgan fingerprint density at radius 2 is 1.64 bits per heavy atom. The third-order valence-corrected chi connectivity index (χ3v) is 4.43. The van der Waals surface area contributed by atoms with Crippen LogP contribution in [0.3, 0.4) is 0 Å². The molecule has 0 saturated heterocycles. The van der Waals surface area contributed by atoms with Crippen molar-refractivity contribution in [2.45, 2.75) is 51.4 Å². The van der Waals surface area contributed by atoms with Gasteiger partial charge in [-0.05, 0) is 43.1 Å². The fourth-order valence-corrected chi connectivity index (χ4v) is 3.08. The minimum Gasteiger partial charge on any atom is -0.507 e. The van der Waals surface area contributed by atoms with Crippen LogP contribution in [0.4, 0.5) is 0 Å². The van der Waals surface area contributed by atoms with Crippen LogP contribution in [-0.2, 0) is 0 Å². The molecule has 1 aromatic carbocycles. The van der Waals surface area contributed by atoms with Gasteiger partial charge in [0.1, 0.15) is 5.75 Å². The molecule has 118 valence electrons. The number of rotatable bonds is 7. The topological polar surface area (TPSA) is 50.4 Å². The summed E-state index contributed by atoms with van der Waals surface area (Å²) in [5.74, 6) is 0.569. The summed E-state index contributed by atoms with van der Waals surface area (Å²) in [5, 5.41) is 9.97. The second-order valence-electron chi connectivity index (χ2n) is 5.71. The van der Waals surface area contributed by atoms with E-state index in [1.807, 2.05) is 13.0 Å². The van der Waals surface area contributed by atoms with Gasteiger partial charge in [0.25, 0.3) is 0 Å². The van der Waals surface area contributed by atoms with E-state index in [4.69, 9.17) is 4.42 Å². The summed E-state index contributed by atoms with van der Waals surface area (Å²) in [4.78, 5) is 11.9. The first-order valence-corrected chi connectivity index (χ1v) is 8.02. The molecule has 0 radical (unpaired) electrons. The van der Waals surface area contributed by atoms with Gasteiger partial charge in [-0.3, -0.25) is 0 Å². The number of benzene rings is 1. The highest BCUT2D eigenvalue weighted by Crippen LogP contribution is 2.33. The summed E-state index contributed by atoms with van der Waals surface area (Å²) in [6.07, 6.45) is 4.98. The largest absolute Gasteiger partial charge is 0.507 e. The lowest BCUT2D eigenvalue weighted by atomic mass is 9.85. The Balaban J connectivity index is 2.12. The van der Waals surface area contributed by atoms with Crippen molar-refractivity contribution in [2.24, 2.45) is 0 Å². The van der Waals surface area contributed by atoms with Gasteiger partial charge in [-0.15, -0.1) is 0 Å². The van der Waals surface area contributed by atoms with E-state index < -0.39 is 5.63 Å². The quantitative estimate of drug-likeness (QED) is 0.798. The molecule has 0 aliphatic rings. The second kappa shape index (κ2) is 7.83. The molecule has 1 N–H and O–H groups in total. The van der Waals surface area contributed by atoms with Gasteiger partial charge in [-0.1, -0.05) is 44.2 Å². The lowest BCUT2D eigenvalue weighted by Gasteiger charge is -2.20. The Hall–Kier alpha value is -2.03. The first-order valence-electron chi connectivity index (χ1n) is 8.02. The molecule has 2 aromatic rings. The maximum absolute atomic E-state index is 11.9. The highest BCUT2D eigenvalue weighted by Gasteiger charge is 2.20. The summed E-state index contributed by atoms with van der Waals surface area (Å²) in [6.45, 7) is 4.23. The zero-order chi connectivity index (χ0) is 15.9. The van der Waals surface area contributed by atoms with E-state index in [-0.39, 0.29) is 11.7 Å². The summed E-state index contributed by atoms with van der Waals surface area (Å²) in [7, 11) is 0. The van der Waals surface area contributed by atoms with Crippen molar-refractivity contribution in [3.05, 3.63) is 64.2 Å². The molecule has 22 heavy (non-hydrogen) atoms. The van der Waals surface area contributed by atoms with Crippen molar-refractivity contribution in [2.75, 3.05) is 0 Å². The predicted octanol–water partition coefficient (Wildman–Crippen LogP) is 4.81. The van der Waals surface area contributed by atoms with Crippen LogP contribution >= 0.6 is 0 Å². The first-order chi connectivity index (χ1) is 10.7. The monoisotopic (exact) mass is 300 g/mol. The van der Waals surface area contributed by atoms with Gasteiger partial charge in [-0.2, -0.15) is 0 Å². The normalized spacial score (nSPS) is 13.7. The maximum atomic E-state index is 11.9. The SMILES string of the molecule is CCC(CCC(CC)c1c(O)ccoc1=O)c1ccccc1. The average Bonchev–Trinajstić information content (AvgIpc) is 2.54. The Labute approximate surface area is 131 Å². The van der Waals surface area contributed by atoms with E-state index in [1.165, 1.54) is 17.9 Å². The number of hydrogen-bond donors (Lipinski definition) is 1. The fourth-order valence-electron chi connectivity index (χ4n) is 3.08. The molecule has 2 atom stereocenters. The smallest absolute Gasteiger partial charge is 0.342 e. The molecule has 1 heterocycles. The molecule has 0 spiro atoms. The average molecular weight is 300 g/mol. The first kappa shape index (κ1) is 16.3. The van der Waals surface area contributed by atoms with Crippen LogP contribution in [0.1, 0.15) is 62.5 Å². The third kappa shape index (κ3) is 3.79. The van der Waals surface area contributed by atoms with Gasteiger partial charge >= 0.3 is 5.63 Å². The van der Waals surface area contributed by atoms with Crippen LogP contribution < -0.4 is 5.63 Å². The summed E-state index contributed by atoms with van der Waals surface area (Å²) < 4.78 is 4.92. The summed E-state index contributed by atoms with van der Waals surface area (Å²) in [6, 6.07) is 11.9. The maximum Gasteiger partial charge on any atom is 0.342 e. The Bertz CT molecular complexity index is 631. The molecule has 2 unspecified atom stereocenters. The molecular weight excluding hydrogens is 276 g/mol. The lowest BCUT2D eigenvalue weighted by Crippen LogP contribution is -2.13. The highest BCUT2D eigenvalue weighted by atomic mass is 16.4. The van der Waals surface area contributed by atoms with Crippen molar-refractivity contribution in [3.63, 3.8) is 0 Å². The minimum absolute atomic E-state index is 0.0372. The highest BCUT2D eigenvalue weighted by molar-refractivity contribution is 5.30. The number of hydrogen-bond acceptors (Lipinski definition) is 3. The fraction of sp³-hybridized carbons (Fsp3) is 0.421. The second-order valence-corrected chi connectivity index (χ2v) is 5.71. The van der Waals surface area contributed by atoms with E-state index in [0.717, 1.165) is 25.7 Å². The molecule has 0 aliphatic heterocycles. The van der Waals surface area contributed by atoms with Crippen LogP contribution in [0.2, 0.25) is 0 Å². The van der Waals surface area contributed by atoms with Crippen LogP contribution in [0.25, 0.3) is 0 Å². The van der Waals surface area contributed by atoms with Crippen molar-refractivity contribution in [1.29, 1.82) is 0 Å². The van der Waals surface area contributed by atoms with Gasteiger partial charge in [0.15, 0.2) is 0 Å². The van der Waals surface area contributed by atoms with Gasteiger partial charge in [0, 0.05) is 6.07 Å². The minimum atomic E-state index is -0.417. The molecule has 0 fully saturated rings. The van der Waals surface area contributed by atoms with Crippen molar-refractivity contribution in [1.82, 2.24) is 0 Å². The van der Waals surface area contributed by atoms with Crippen molar-refractivity contribution < 1.29 is 9.52 Å². The van der Waals surface area contributed by atoms with Gasteiger partial charge in [0.05, 0.1) is 11.8 Å². The van der Waals surface area contributed by atoms with Gasteiger partial charge < -0.3 is 9.52 Å². The van der Waals surface area contributed by atoms with E-state index in [0.29, 0.717) is 11.5 Å². The molecule has 3 nitrogen and oxygen atoms in total. The lowest BCUT2D eigenvalue weighted by molar-refractivity contribution is 0.410. The third-order valence-electron chi connectivity index (χ3n) is 4.43. The standard InChI is InChI=1S/C19H24O3/c1-3-14(16-8-6-5-7-9-16)10-11-15(4-2)18-17(20)12-13-22-19(18)21/h5-9,12-15,20H,3-4,10-11H2,1-2H3. The molecule has 0 aliphatic carbocycles. The van der Waals surface area contributed by atoms with E-state index >= 15 is 0 Å². The van der Waals surface area contributed by atoms with Crippen molar-refractivity contribution >= 4 is 0 Å². The molecule has 3 heteroatoms. The van der Waals surface area contributed by atoms with Crippen LogP contribution in [0, 0.1) is 0 Å². The number of aromatic hydroxyl groups is 1. The van der Waals surface area contributed by atoms with Gasteiger partial charge in [0.2, 0.25) is 0 Å². The van der Waals surface area contributed by atoms with Gasteiger partial charge in [-0.25, -0.2) is 4.79 Å². The van der Waals surface area contributed by atoms with Crippen LogP contribution in [-0.4, -0.2) is 5.11 Å². The van der Waals surface area contributed by atoms with E-state index in [1.54, 1.807) is 0 Å². The molecule has 2 rings (SSSR count). The van der Waals surface area contributed by atoms with Crippen molar-refractivity contribution in [3.8, 4) is 5.75 Å². The Morgan fingerprint density at radius 1 is 1.00 bits per heavy atom. The Kier molecular flexibility index (Phi) is 5.82. The molecule has 1 aromatic heterocycles. The molecule has 0 amide bonds. The zero-order valence-electron chi connectivity index (χ0n) is 13.3. The van der Waals surface area contributed by atoms with E-state index in [9.17, 15) is 9.90 Å². The Morgan fingerprint density at radius 3 is 2.23 bits per heavy atom. The molecular formula is C19H24O3. The van der Waals surface area contributed by atoms with E-state index in [2.05, 4.69) is 31.2 Å². The summed E-state index contributed by atoms with van der Waals surface area (Å²) in [5.41, 5.74) is 1.34. The van der Waals surface area contributed by atoms with Crippen LogP contribution in [0.5, 0.6) is 5.75 Å². The van der Waals surface area contributed by atoms with Crippen LogP contribution in [0.15, 0.2) is 51.9 Å².